The molecule has 8 heteroatoms. The summed E-state index contributed by atoms with van der Waals surface area (Å²) in [4.78, 5) is 12.2. The Hall–Kier alpha value is -1.47. The third kappa shape index (κ3) is 5.27. The van der Waals surface area contributed by atoms with E-state index >= 15 is 0 Å². The Balaban J connectivity index is 0.00000288. The van der Waals surface area contributed by atoms with E-state index in [1.165, 1.54) is 25.1 Å². The molecule has 1 aromatic rings. The summed E-state index contributed by atoms with van der Waals surface area (Å²) in [6, 6.07) is 4.91. The maximum Gasteiger partial charge on any atom is 0.419 e. The number of hydrogen-bond acceptors (Lipinski definition) is 3. The first-order valence-electron chi connectivity index (χ1n) is 7.63. The largest absolute Gasteiger partial charge is 0.480 e. The number of amides is 1. The van der Waals surface area contributed by atoms with Gasteiger partial charge in [0.2, 0.25) is 0 Å². The molecule has 1 aromatic carbocycles. The van der Waals surface area contributed by atoms with Gasteiger partial charge in [0.05, 0.1) is 5.56 Å². The molecule has 2 N–H and O–H groups in total. The van der Waals surface area contributed by atoms with Gasteiger partial charge in [0.1, 0.15) is 5.75 Å². The van der Waals surface area contributed by atoms with Crippen molar-refractivity contribution in [3.8, 4) is 5.75 Å². The van der Waals surface area contributed by atoms with Gasteiger partial charge in [-0.1, -0.05) is 19.1 Å². The lowest BCUT2D eigenvalue weighted by Gasteiger charge is -2.31. The Kier molecular flexibility index (Phi) is 7.35. The van der Waals surface area contributed by atoms with Crippen molar-refractivity contribution in [3.05, 3.63) is 29.8 Å². The van der Waals surface area contributed by atoms with Crippen LogP contribution in [-0.4, -0.2) is 31.1 Å². The van der Waals surface area contributed by atoms with Gasteiger partial charge in [-0.15, -0.1) is 12.4 Å². The van der Waals surface area contributed by atoms with E-state index in [0.717, 1.165) is 25.6 Å². The lowest BCUT2D eigenvalue weighted by atomic mass is 9.95. The number of alkyl halides is 3. The fraction of sp³-hybridized carbons (Fsp3) is 0.562. The highest BCUT2D eigenvalue weighted by Crippen LogP contribution is 2.36. The number of benzene rings is 1. The van der Waals surface area contributed by atoms with E-state index in [1.807, 2.05) is 6.92 Å². The molecule has 0 aliphatic carbocycles. The highest BCUT2D eigenvalue weighted by atomic mass is 35.5. The second-order valence-corrected chi connectivity index (χ2v) is 5.84. The minimum Gasteiger partial charge on any atom is -0.480 e. The monoisotopic (exact) mass is 366 g/mol. The molecule has 4 nitrogen and oxygen atoms in total. The van der Waals surface area contributed by atoms with Gasteiger partial charge in [0, 0.05) is 6.04 Å². The summed E-state index contributed by atoms with van der Waals surface area (Å²) in [5.74, 6) is -0.468. The molecule has 1 amide bonds. The lowest BCUT2D eigenvalue weighted by Crippen LogP contribution is -2.51. The zero-order valence-corrected chi connectivity index (χ0v) is 14.3. The van der Waals surface area contributed by atoms with E-state index in [-0.39, 0.29) is 30.1 Å². The van der Waals surface area contributed by atoms with Crippen molar-refractivity contribution in [2.45, 2.75) is 38.6 Å². The first-order valence-corrected chi connectivity index (χ1v) is 7.63. The van der Waals surface area contributed by atoms with Crippen LogP contribution < -0.4 is 15.4 Å². The van der Waals surface area contributed by atoms with Crippen molar-refractivity contribution in [3.63, 3.8) is 0 Å². The van der Waals surface area contributed by atoms with E-state index in [4.69, 9.17) is 4.74 Å². The molecule has 0 aromatic heterocycles. The maximum absolute atomic E-state index is 12.9. The second-order valence-electron chi connectivity index (χ2n) is 5.84. The van der Waals surface area contributed by atoms with E-state index in [2.05, 4.69) is 10.6 Å². The van der Waals surface area contributed by atoms with Crippen LogP contribution in [0.2, 0.25) is 0 Å². The van der Waals surface area contributed by atoms with Gasteiger partial charge in [0.25, 0.3) is 5.91 Å². The standard InChI is InChI=1S/C16H21F3N2O2.ClH/c1-10-9-20-8-7-13(10)21-15(22)11(2)23-14-6-4-3-5-12(14)16(17,18)19;/h3-6,10-11,13,20H,7-9H2,1-2H3,(H,21,22);1H. The van der Waals surface area contributed by atoms with Gasteiger partial charge < -0.3 is 15.4 Å². The number of halogens is 4. The summed E-state index contributed by atoms with van der Waals surface area (Å²) >= 11 is 0. The summed E-state index contributed by atoms with van der Waals surface area (Å²) < 4.78 is 44.1. The molecule has 1 saturated heterocycles. The summed E-state index contributed by atoms with van der Waals surface area (Å²) in [6.45, 7) is 5.08. The van der Waals surface area contributed by atoms with Crippen LogP contribution in [0.15, 0.2) is 24.3 Å². The molecule has 1 aliphatic heterocycles. The average Bonchev–Trinajstić information content (AvgIpc) is 2.49. The second kappa shape index (κ2) is 8.58. The van der Waals surface area contributed by atoms with Crippen molar-refractivity contribution in [1.29, 1.82) is 0 Å². The van der Waals surface area contributed by atoms with Crippen LogP contribution >= 0.6 is 12.4 Å². The SMILES string of the molecule is CC(Oc1ccccc1C(F)(F)F)C(=O)NC1CCNCC1C.Cl. The molecule has 0 saturated carbocycles. The molecule has 0 spiro atoms. The van der Waals surface area contributed by atoms with Crippen molar-refractivity contribution < 1.29 is 22.7 Å². The zero-order valence-electron chi connectivity index (χ0n) is 13.5. The number of para-hydroxylation sites is 1. The Morgan fingerprint density at radius 2 is 2.04 bits per heavy atom. The van der Waals surface area contributed by atoms with E-state index in [0.29, 0.717) is 0 Å². The molecule has 3 unspecified atom stereocenters. The molecule has 0 radical (unpaired) electrons. The first kappa shape index (κ1) is 20.6. The highest BCUT2D eigenvalue weighted by Gasteiger charge is 2.35. The van der Waals surface area contributed by atoms with Gasteiger partial charge in [-0.25, -0.2) is 0 Å². The molecule has 1 aliphatic rings. The first-order chi connectivity index (χ1) is 10.8. The summed E-state index contributed by atoms with van der Waals surface area (Å²) in [5, 5.41) is 6.08. The van der Waals surface area contributed by atoms with Gasteiger partial charge in [-0.2, -0.15) is 13.2 Å². The van der Waals surface area contributed by atoms with E-state index in [9.17, 15) is 18.0 Å². The number of nitrogens with one attached hydrogen (secondary N) is 2. The van der Waals surface area contributed by atoms with Gasteiger partial charge in [0.15, 0.2) is 6.10 Å². The van der Waals surface area contributed by atoms with Crippen molar-refractivity contribution in [1.82, 2.24) is 10.6 Å². The smallest absolute Gasteiger partial charge is 0.419 e. The Labute approximate surface area is 145 Å². The molecule has 136 valence electrons. The Morgan fingerprint density at radius 1 is 1.38 bits per heavy atom. The number of carbonyl (C=O) groups excluding carboxylic acids is 1. The van der Waals surface area contributed by atoms with E-state index in [1.54, 1.807) is 0 Å². The molecule has 24 heavy (non-hydrogen) atoms. The number of rotatable bonds is 4. The average molecular weight is 367 g/mol. The van der Waals surface area contributed by atoms with Crippen molar-refractivity contribution >= 4 is 18.3 Å². The summed E-state index contributed by atoms with van der Waals surface area (Å²) in [6.07, 6.45) is -4.73. The predicted octanol–water partition coefficient (Wildman–Crippen LogP) is 3.01. The fourth-order valence-corrected chi connectivity index (χ4v) is 2.58. The van der Waals surface area contributed by atoms with Crippen molar-refractivity contribution in [2.24, 2.45) is 5.92 Å². The van der Waals surface area contributed by atoms with Crippen LogP contribution in [0.4, 0.5) is 13.2 Å². The van der Waals surface area contributed by atoms with Crippen molar-refractivity contribution in [2.75, 3.05) is 13.1 Å². The quantitative estimate of drug-likeness (QED) is 0.861. The van der Waals surface area contributed by atoms with Crippen LogP contribution in [0, 0.1) is 5.92 Å². The Morgan fingerprint density at radius 3 is 2.67 bits per heavy atom. The predicted molar refractivity (Wildman–Crippen MR) is 87.4 cm³/mol. The van der Waals surface area contributed by atoms with Gasteiger partial charge >= 0.3 is 6.18 Å². The molecule has 0 bridgehead atoms. The summed E-state index contributed by atoms with van der Waals surface area (Å²) in [7, 11) is 0. The zero-order chi connectivity index (χ0) is 17.0. The highest BCUT2D eigenvalue weighted by molar-refractivity contribution is 5.85. The van der Waals surface area contributed by atoms with Crippen LogP contribution in [0.1, 0.15) is 25.8 Å². The Bertz CT molecular complexity index is 554. The number of ether oxygens (including phenoxy) is 1. The fourth-order valence-electron chi connectivity index (χ4n) is 2.58. The van der Waals surface area contributed by atoms with Crippen LogP contribution in [0.25, 0.3) is 0 Å². The molecule has 1 heterocycles. The number of hydrogen-bond donors (Lipinski definition) is 2. The van der Waals surface area contributed by atoms with Gasteiger partial charge in [-0.3, -0.25) is 4.79 Å². The molecular weight excluding hydrogens is 345 g/mol. The lowest BCUT2D eigenvalue weighted by molar-refractivity contribution is -0.140. The van der Waals surface area contributed by atoms with Crippen LogP contribution in [0.3, 0.4) is 0 Å². The maximum atomic E-state index is 12.9. The molecule has 3 atom stereocenters. The third-order valence-electron chi connectivity index (χ3n) is 3.98. The van der Waals surface area contributed by atoms with Crippen LogP contribution in [-0.2, 0) is 11.0 Å². The number of carbonyl (C=O) groups is 1. The minimum absolute atomic E-state index is 0. The minimum atomic E-state index is -4.52. The normalized spacial score (nSPS) is 22.2. The third-order valence-corrected chi connectivity index (χ3v) is 3.98. The van der Waals surface area contributed by atoms with Crippen LogP contribution in [0.5, 0.6) is 5.75 Å². The summed E-state index contributed by atoms with van der Waals surface area (Å²) in [5.41, 5.74) is -0.880. The molecule has 1 fully saturated rings. The van der Waals surface area contributed by atoms with E-state index < -0.39 is 23.8 Å². The molecule has 2 rings (SSSR count). The van der Waals surface area contributed by atoms with Gasteiger partial charge in [-0.05, 0) is 44.5 Å². The topological polar surface area (TPSA) is 50.4 Å². The number of piperidine rings is 1. The molecular formula is C16H22ClF3N2O2.